The van der Waals surface area contributed by atoms with E-state index in [-0.39, 0.29) is 14.8 Å². The summed E-state index contributed by atoms with van der Waals surface area (Å²) in [5.41, 5.74) is 14.6. The molecule has 40 heavy (non-hydrogen) atoms. The number of amides is 1. The van der Waals surface area contributed by atoms with Crippen LogP contribution in [0.15, 0.2) is 60.7 Å². The number of nitrogens with zero attached hydrogens (tertiary/aromatic N) is 2. The molecule has 0 bridgehead atoms. The highest BCUT2D eigenvalue weighted by Gasteiger charge is 2.30. The van der Waals surface area contributed by atoms with Crippen molar-refractivity contribution in [1.29, 1.82) is 0 Å². The van der Waals surface area contributed by atoms with Gasteiger partial charge in [-0.25, -0.2) is 5.43 Å². The number of anilines is 1. The number of hydrazine groups is 1. The second kappa shape index (κ2) is 13.9. The van der Waals surface area contributed by atoms with Crippen molar-refractivity contribution in [2.45, 2.75) is 58.8 Å². The summed E-state index contributed by atoms with van der Waals surface area (Å²) < 4.78 is 0. The van der Waals surface area contributed by atoms with Gasteiger partial charge in [-0.3, -0.25) is 9.69 Å². The van der Waals surface area contributed by atoms with Crippen LogP contribution in [-0.2, 0) is 26.1 Å². The summed E-state index contributed by atoms with van der Waals surface area (Å²) in [4.78, 5) is 18.0. The van der Waals surface area contributed by atoms with Crippen LogP contribution in [0.25, 0.3) is 0 Å². The maximum Gasteiger partial charge on any atom is 0.255 e. The van der Waals surface area contributed by atoms with Gasteiger partial charge in [0.15, 0.2) is 0 Å². The monoisotopic (exact) mass is 534 g/mol. The van der Waals surface area contributed by atoms with Crippen LogP contribution in [0.3, 0.4) is 0 Å². The fourth-order valence-corrected chi connectivity index (χ4v) is 5.40. The Bertz CT molecular complexity index is 1410. The van der Waals surface area contributed by atoms with Gasteiger partial charge in [0, 0.05) is 41.0 Å². The lowest BCUT2D eigenvalue weighted by Crippen LogP contribution is -2.26. The SMILES string of the molecule is C#CCCN(CC[CH2])Cc1ccc2c(c1)CN(C(=O)c1cc3c(cc1C#C)NNC3Cc1ccccc1)C2.CC.[HH].[H]. The predicted molar refractivity (Wildman–Crippen MR) is 167 cm³/mol. The Hall–Kier alpha value is -4.03. The van der Waals surface area contributed by atoms with E-state index in [2.05, 4.69) is 64.8 Å². The van der Waals surface area contributed by atoms with Gasteiger partial charge in [-0.15, -0.1) is 18.8 Å². The number of benzene rings is 3. The molecule has 5 nitrogen and oxygen atoms in total. The Kier molecular flexibility index (Phi) is 10.0. The second-order valence-corrected chi connectivity index (χ2v) is 9.99. The largest absolute Gasteiger partial charge is 0.330 e. The zero-order chi connectivity index (χ0) is 28.5. The first-order valence-electron chi connectivity index (χ1n) is 14.1. The molecule has 0 aromatic heterocycles. The third-order valence-corrected chi connectivity index (χ3v) is 7.35. The molecule has 0 fully saturated rings. The Morgan fingerprint density at radius 2 is 1.85 bits per heavy atom. The molecule has 3 aromatic rings. The zero-order valence-corrected chi connectivity index (χ0v) is 23.7. The number of carbonyl (C=O) groups is 1. The van der Waals surface area contributed by atoms with Crippen LogP contribution in [0, 0.1) is 31.6 Å². The van der Waals surface area contributed by atoms with E-state index < -0.39 is 0 Å². The van der Waals surface area contributed by atoms with Crippen LogP contribution in [0.5, 0.6) is 0 Å². The Morgan fingerprint density at radius 3 is 2.58 bits per heavy atom. The number of fused-ring (bicyclic) bond motifs is 2. The van der Waals surface area contributed by atoms with Crippen molar-refractivity contribution >= 4 is 11.6 Å². The lowest BCUT2D eigenvalue weighted by Gasteiger charge is -2.21. The summed E-state index contributed by atoms with van der Waals surface area (Å²) in [5, 5.41) is 0. The molecule has 0 saturated heterocycles. The van der Waals surface area contributed by atoms with Gasteiger partial charge < -0.3 is 10.3 Å². The number of carbonyl (C=O) groups excluding carboxylic acids is 1. The summed E-state index contributed by atoms with van der Waals surface area (Å²) in [7, 11) is 0. The van der Waals surface area contributed by atoms with Crippen molar-refractivity contribution in [2.75, 3.05) is 18.5 Å². The van der Waals surface area contributed by atoms with E-state index in [0.29, 0.717) is 24.2 Å². The average molecular weight is 535 g/mol. The van der Waals surface area contributed by atoms with Crippen LogP contribution in [0.2, 0.25) is 0 Å². The van der Waals surface area contributed by atoms with Gasteiger partial charge in [0.1, 0.15) is 0 Å². The summed E-state index contributed by atoms with van der Waals surface area (Å²) >= 11 is 0. The summed E-state index contributed by atoms with van der Waals surface area (Å²) in [6.45, 7) is 11.7. The second-order valence-electron chi connectivity index (χ2n) is 9.99. The maximum atomic E-state index is 13.8. The summed E-state index contributed by atoms with van der Waals surface area (Å²) in [5.74, 6) is 5.43. The van der Waals surface area contributed by atoms with Gasteiger partial charge >= 0.3 is 0 Å². The highest BCUT2D eigenvalue weighted by molar-refractivity contribution is 5.98. The smallest absolute Gasteiger partial charge is 0.255 e. The zero-order valence-electron chi connectivity index (χ0n) is 24.7. The van der Waals surface area contributed by atoms with Crippen LogP contribution < -0.4 is 10.9 Å². The van der Waals surface area contributed by atoms with Crippen LogP contribution in [-0.4, -0.2) is 28.8 Å². The van der Waals surface area contributed by atoms with E-state index >= 15 is 0 Å². The van der Waals surface area contributed by atoms with Gasteiger partial charge in [-0.05, 0) is 59.3 Å². The van der Waals surface area contributed by atoms with E-state index in [4.69, 9.17) is 12.8 Å². The minimum Gasteiger partial charge on any atom is -0.330 e. The number of rotatable bonds is 9. The molecule has 2 N–H and O–H groups in total. The first-order valence-corrected chi connectivity index (χ1v) is 14.1. The van der Waals surface area contributed by atoms with E-state index in [9.17, 15) is 4.79 Å². The molecule has 2 aliphatic heterocycles. The van der Waals surface area contributed by atoms with Crippen molar-refractivity contribution in [3.8, 4) is 24.7 Å². The standard InChI is InChI=1S/C33H33N4O.C2H6.H2.H/c1-4-7-16-36(15-5-2)21-25-13-14-27-22-37(23-28(27)17-25)33(38)29-20-30-31(18-24-11-9-8-10-12-24)34-35-32(30)19-26(29)6-3;1-2;;/h1,3,8-14,17,19-20,31,34-35H,2,5,7,15-16,18,21-23H2;1-2H3;1H;. The van der Waals surface area contributed by atoms with Crippen molar-refractivity contribution in [3.63, 3.8) is 0 Å². The summed E-state index contributed by atoms with van der Waals surface area (Å²) in [6.07, 6.45) is 13.7. The Labute approximate surface area is 242 Å². The molecule has 5 rings (SSSR count). The molecule has 208 valence electrons. The van der Waals surface area contributed by atoms with Crippen molar-refractivity contribution in [2.24, 2.45) is 0 Å². The van der Waals surface area contributed by atoms with Gasteiger partial charge in [-0.1, -0.05) is 75.2 Å². The number of terminal acetylenes is 2. The Morgan fingerprint density at radius 1 is 1.07 bits per heavy atom. The molecule has 0 spiro atoms. The fraction of sp³-hybridized carbons (Fsp3) is 0.314. The van der Waals surface area contributed by atoms with E-state index in [1.807, 2.05) is 49.1 Å². The van der Waals surface area contributed by atoms with Crippen molar-refractivity contribution in [1.82, 2.24) is 15.2 Å². The van der Waals surface area contributed by atoms with Crippen LogP contribution in [0.1, 0.15) is 79.3 Å². The minimum atomic E-state index is -0.0310. The molecule has 0 aliphatic carbocycles. The lowest BCUT2D eigenvalue weighted by atomic mass is 9.94. The maximum absolute atomic E-state index is 13.8. The first kappa shape index (κ1) is 29.0. The van der Waals surface area contributed by atoms with E-state index in [0.717, 1.165) is 50.1 Å². The molecule has 3 aromatic carbocycles. The molecule has 1 amide bonds. The predicted octanol–water partition coefficient (Wildman–Crippen LogP) is 6.47. The molecule has 5 heteroatoms. The number of nitrogens with one attached hydrogen (secondary N) is 2. The molecule has 2 heterocycles. The molecular formula is C35H42N4O. The molecular weight excluding hydrogens is 492 g/mol. The molecule has 2 radical (unpaired) electrons. The first-order chi connectivity index (χ1) is 19.6. The molecule has 1 unspecified atom stereocenters. The molecule has 0 saturated carbocycles. The number of hydrogen-bond donors (Lipinski definition) is 2. The van der Waals surface area contributed by atoms with E-state index in [1.165, 1.54) is 22.3 Å². The number of hydrogen-bond acceptors (Lipinski definition) is 4. The van der Waals surface area contributed by atoms with Crippen molar-refractivity contribution < 1.29 is 7.65 Å². The van der Waals surface area contributed by atoms with E-state index in [1.54, 1.807) is 0 Å². The minimum absolute atomic E-state index is 0. The highest BCUT2D eigenvalue weighted by atomic mass is 16.2. The van der Waals surface area contributed by atoms with Gasteiger partial charge in [0.2, 0.25) is 0 Å². The molecule has 2 aliphatic rings. The fourth-order valence-electron chi connectivity index (χ4n) is 5.40. The topological polar surface area (TPSA) is 47.6 Å². The van der Waals surface area contributed by atoms with Gasteiger partial charge in [0.25, 0.3) is 5.91 Å². The summed E-state index contributed by atoms with van der Waals surface area (Å²) in [6, 6.07) is 20.8. The molecule has 1 atom stereocenters. The van der Waals surface area contributed by atoms with Gasteiger partial charge in [-0.2, -0.15) is 0 Å². The van der Waals surface area contributed by atoms with Crippen molar-refractivity contribution in [3.05, 3.63) is 107 Å². The normalized spacial score (nSPS) is 14.8. The third kappa shape index (κ3) is 6.57. The van der Waals surface area contributed by atoms with Crippen LogP contribution in [0.4, 0.5) is 5.69 Å². The lowest BCUT2D eigenvalue weighted by molar-refractivity contribution is 0.0751. The quantitative estimate of drug-likeness (QED) is 0.309. The highest BCUT2D eigenvalue weighted by Crippen LogP contribution is 2.35. The Balaban J connectivity index is 0.00000151. The third-order valence-electron chi connectivity index (χ3n) is 7.35. The van der Waals surface area contributed by atoms with Crippen LogP contribution >= 0.6 is 0 Å². The van der Waals surface area contributed by atoms with Gasteiger partial charge in [0.05, 0.1) is 17.3 Å². The average Bonchev–Trinajstić information content (AvgIpc) is 3.60.